The van der Waals surface area contributed by atoms with Gasteiger partial charge in [-0.05, 0) is 18.4 Å². The van der Waals surface area contributed by atoms with Gasteiger partial charge in [0.15, 0.2) is 0 Å². The van der Waals surface area contributed by atoms with E-state index in [1.54, 1.807) is 4.90 Å². The first kappa shape index (κ1) is 14.0. The van der Waals surface area contributed by atoms with Gasteiger partial charge in [0, 0.05) is 32.7 Å². The van der Waals surface area contributed by atoms with Crippen LogP contribution in [0.2, 0.25) is 0 Å². The van der Waals surface area contributed by atoms with E-state index in [0.717, 1.165) is 25.0 Å². The van der Waals surface area contributed by atoms with Crippen LogP contribution in [0.5, 0.6) is 0 Å². The van der Waals surface area contributed by atoms with Gasteiger partial charge in [-0.15, -0.1) is 0 Å². The van der Waals surface area contributed by atoms with Crippen LogP contribution < -0.4 is 5.73 Å². The van der Waals surface area contributed by atoms with Crippen molar-refractivity contribution in [2.24, 2.45) is 5.73 Å². The van der Waals surface area contributed by atoms with Gasteiger partial charge in [0.25, 0.3) is 0 Å². The molecule has 0 aromatic heterocycles. The van der Waals surface area contributed by atoms with Crippen molar-refractivity contribution < 1.29 is 9.53 Å². The average molecular weight is 262 g/mol. The number of nitrogens with two attached hydrogens (primary N) is 1. The normalized spacial score (nSPS) is 20.2. The van der Waals surface area contributed by atoms with Crippen molar-refractivity contribution in [3.05, 3.63) is 35.9 Å². The van der Waals surface area contributed by atoms with Crippen LogP contribution in [0.25, 0.3) is 0 Å². The second kappa shape index (κ2) is 6.68. The SMILES string of the molecule is CN(CC1CCCO1)C(=O)CC(N)c1ccccc1. The van der Waals surface area contributed by atoms with Gasteiger partial charge in [0.05, 0.1) is 6.10 Å². The molecule has 2 unspecified atom stereocenters. The highest BCUT2D eigenvalue weighted by molar-refractivity contribution is 5.76. The van der Waals surface area contributed by atoms with Crippen molar-refractivity contribution in [1.82, 2.24) is 4.90 Å². The number of rotatable bonds is 5. The molecular formula is C15H22N2O2. The quantitative estimate of drug-likeness (QED) is 0.879. The molecule has 1 aliphatic heterocycles. The van der Waals surface area contributed by atoms with Crippen LogP contribution in [0.4, 0.5) is 0 Å². The molecule has 0 bridgehead atoms. The van der Waals surface area contributed by atoms with E-state index < -0.39 is 0 Å². The third-order valence-corrected chi connectivity index (χ3v) is 3.55. The third kappa shape index (κ3) is 4.04. The van der Waals surface area contributed by atoms with E-state index in [9.17, 15) is 4.79 Å². The molecule has 2 atom stereocenters. The number of nitrogens with zero attached hydrogens (tertiary/aromatic N) is 1. The zero-order chi connectivity index (χ0) is 13.7. The van der Waals surface area contributed by atoms with Gasteiger partial charge in [-0.1, -0.05) is 30.3 Å². The fourth-order valence-corrected chi connectivity index (χ4v) is 2.36. The van der Waals surface area contributed by atoms with Gasteiger partial charge in [-0.3, -0.25) is 4.79 Å². The molecule has 2 rings (SSSR count). The first-order valence-corrected chi connectivity index (χ1v) is 6.83. The molecule has 1 heterocycles. The number of amides is 1. The molecule has 4 nitrogen and oxygen atoms in total. The molecule has 1 saturated heterocycles. The minimum atomic E-state index is -0.236. The zero-order valence-electron chi connectivity index (χ0n) is 11.4. The molecule has 0 spiro atoms. The van der Waals surface area contributed by atoms with Crippen molar-refractivity contribution >= 4 is 5.91 Å². The number of ether oxygens (including phenoxy) is 1. The molecule has 1 aromatic carbocycles. The summed E-state index contributed by atoms with van der Waals surface area (Å²) >= 11 is 0. The first-order chi connectivity index (χ1) is 9.16. The summed E-state index contributed by atoms with van der Waals surface area (Å²) in [5.41, 5.74) is 7.06. The van der Waals surface area contributed by atoms with Crippen LogP contribution in [0.1, 0.15) is 30.9 Å². The molecule has 0 radical (unpaired) electrons. The Balaban J connectivity index is 1.82. The Labute approximate surface area is 114 Å². The smallest absolute Gasteiger partial charge is 0.224 e. The minimum Gasteiger partial charge on any atom is -0.376 e. The predicted molar refractivity (Wildman–Crippen MR) is 74.6 cm³/mol. The molecule has 104 valence electrons. The molecule has 4 heteroatoms. The number of carbonyl (C=O) groups is 1. The second-order valence-electron chi connectivity index (χ2n) is 5.13. The highest BCUT2D eigenvalue weighted by Crippen LogP contribution is 2.16. The lowest BCUT2D eigenvalue weighted by Gasteiger charge is -2.22. The van der Waals surface area contributed by atoms with Gasteiger partial charge in [-0.2, -0.15) is 0 Å². The molecule has 0 aliphatic carbocycles. The highest BCUT2D eigenvalue weighted by atomic mass is 16.5. The Morgan fingerprint density at radius 1 is 1.47 bits per heavy atom. The maximum Gasteiger partial charge on any atom is 0.224 e. The lowest BCUT2D eigenvalue weighted by Crippen LogP contribution is -2.35. The lowest BCUT2D eigenvalue weighted by molar-refractivity contribution is -0.131. The van der Waals surface area contributed by atoms with Crippen molar-refractivity contribution in [3.63, 3.8) is 0 Å². The Kier molecular flexibility index (Phi) is 4.93. The van der Waals surface area contributed by atoms with Gasteiger partial charge in [0.2, 0.25) is 5.91 Å². The second-order valence-corrected chi connectivity index (χ2v) is 5.13. The minimum absolute atomic E-state index is 0.0758. The maximum atomic E-state index is 12.1. The number of likely N-dealkylation sites (N-methyl/N-ethyl adjacent to an activating group) is 1. The Bertz CT molecular complexity index is 402. The van der Waals surface area contributed by atoms with E-state index in [-0.39, 0.29) is 18.1 Å². The molecule has 1 amide bonds. The lowest BCUT2D eigenvalue weighted by atomic mass is 10.0. The van der Waals surface area contributed by atoms with E-state index in [2.05, 4.69) is 0 Å². The Hall–Kier alpha value is -1.39. The fourth-order valence-electron chi connectivity index (χ4n) is 2.36. The van der Waals surface area contributed by atoms with Crippen LogP contribution in [-0.4, -0.2) is 37.1 Å². The average Bonchev–Trinajstić information content (AvgIpc) is 2.92. The number of hydrogen-bond donors (Lipinski definition) is 1. The van der Waals surface area contributed by atoms with Crippen molar-refractivity contribution in [3.8, 4) is 0 Å². The summed E-state index contributed by atoms with van der Waals surface area (Å²) < 4.78 is 5.54. The molecule has 2 N–H and O–H groups in total. The van der Waals surface area contributed by atoms with Crippen molar-refractivity contribution in [1.29, 1.82) is 0 Å². The molecule has 1 aromatic rings. The zero-order valence-corrected chi connectivity index (χ0v) is 11.4. The molecule has 0 saturated carbocycles. The summed E-state index contributed by atoms with van der Waals surface area (Å²) in [6.45, 7) is 1.48. The number of hydrogen-bond acceptors (Lipinski definition) is 3. The van der Waals surface area contributed by atoms with E-state index >= 15 is 0 Å². The van der Waals surface area contributed by atoms with E-state index in [1.165, 1.54) is 0 Å². The van der Waals surface area contributed by atoms with Crippen LogP contribution in [0.3, 0.4) is 0 Å². The highest BCUT2D eigenvalue weighted by Gasteiger charge is 2.21. The van der Waals surface area contributed by atoms with Crippen LogP contribution in [0, 0.1) is 0 Å². The van der Waals surface area contributed by atoms with Crippen molar-refractivity contribution in [2.45, 2.75) is 31.4 Å². The number of carbonyl (C=O) groups excluding carboxylic acids is 1. The summed E-state index contributed by atoms with van der Waals surface area (Å²) in [7, 11) is 1.82. The molecule has 19 heavy (non-hydrogen) atoms. The van der Waals surface area contributed by atoms with Gasteiger partial charge < -0.3 is 15.4 Å². The summed E-state index contributed by atoms with van der Waals surface area (Å²) in [4.78, 5) is 13.8. The van der Waals surface area contributed by atoms with Crippen LogP contribution in [0.15, 0.2) is 30.3 Å². The molecule has 1 fully saturated rings. The summed E-state index contributed by atoms with van der Waals surface area (Å²) in [6, 6.07) is 9.50. The van der Waals surface area contributed by atoms with Gasteiger partial charge >= 0.3 is 0 Å². The summed E-state index contributed by atoms with van der Waals surface area (Å²) in [6.07, 6.45) is 2.67. The third-order valence-electron chi connectivity index (χ3n) is 3.55. The van der Waals surface area contributed by atoms with E-state index in [1.807, 2.05) is 37.4 Å². The molecule has 1 aliphatic rings. The van der Waals surface area contributed by atoms with Crippen LogP contribution in [-0.2, 0) is 9.53 Å². The topological polar surface area (TPSA) is 55.6 Å². The fraction of sp³-hybridized carbons (Fsp3) is 0.533. The number of benzene rings is 1. The standard InChI is InChI=1S/C15H22N2O2/c1-17(11-13-8-5-9-19-13)15(18)10-14(16)12-6-3-2-4-7-12/h2-4,6-7,13-14H,5,8-11,16H2,1H3. The summed E-state index contributed by atoms with van der Waals surface area (Å²) in [5, 5.41) is 0. The van der Waals surface area contributed by atoms with Gasteiger partial charge in [-0.25, -0.2) is 0 Å². The van der Waals surface area contributed by atoms with Crippen molar-refractivity contribution in [2.75, 3.05) is 20.2 Å². The Morgan fingerprint density at radius 3 is 2.84 bits per heavy atom. The maximum absolute atomic E-state index is 12.1. The summed E-state index contributed by atoms with van der Waals surface area (Å²) in [5.74, 6) is 0.0758. The van der Waals surface area contributed by atoms with E-state index in [4.69, 9.17) is 10.5 Å². The first-order valence-electron chi connectivity index (χ1n) is 6.83. The largest absolute Gasteiger partial charge is 0.376 e. The monoisotopic (exact) mass is 262 g/mol. The predicted octanol–water partition coefficient (Wildman–Crippen LogP) is 1.71. The molecular weight excluding hydrogens is 240 g/mol. The van der Waals surface area contributed by atoms with Gasteiger partial charge in [0.1, 0.15) is 0 Å². The van der Waals surface area contributed by atoms with E-state index in [0.29, 0.717) is 13.0 Å². The van der Waals surface area contributed by atoms with Crippen LogP contribution >= 0.6 is 0 Å². The Morgan fingerprint density at radius 2 is 2.21 bits per heavy atom.